The average molecular weight is 223 g/mol. The zero-order valence-electron chi connectivity index (χ0n) is 9.89. The molecule has 1 aromatic rings. The maximum Gasteiger partial charge on any atom is 0.0958 e. The van der Waals surface area contributed by atoms with Crippen molar-refractivity contribution in [3.05, 3.63) is 18.2 Å². The Balaban J connectivity index is 1.93. The maximum absolute atomic E-state index is 10.2. The van der Waals surface area contributed by atoms with Crippen molar-refractivity contribution in [3.8, 4) is 0 Å². The number of aryl methyl sites for hydroxylation is 1. The number of piperidine rings is 1. The molecule has 1 saturated heterocycles. The number of imidazole rings is 1. The third-order valence-corrected chi connectivity index (χ3v) is 3.44. The molecule has 2 rings (SSSR count). The molecule has 1 unspecified atom stereocenters. The van der Waals surface area contributed by atoms with Gasteiger partial charge in [0.05, 0.1) is 24.3 Å². The van der Waals surface area contributed by atoms with E-state index < -0.39 is 0 Å². The van der Waals surface area contributed by atoms with E-state index >= 15 is 0 Å². The highest BCUT2D eigenvalue weighted by molar-refractivity contribution is 5.03. The normalized spacial score (nSPS) is 19.9. The zero-order chi connectivity index (χ0) is 11.4. The second-order valence-electron chi connectivity index (χ2n) is 4.55. The van der Waals surface area contributed by atoms with Crippen molar-refractivity contribution in [1.82, 2.24) is 14.9 Å². The van der Waals surface area contributed by atoms with Crippen LogP contribution in [0.25, 0.3) is 0 Å². The molecule has 0 aromatic carbocycles. The summed E-state index contributed by atoms with van der Waals surface area (Å²) in [5.74, 6) is 0.649. The molecule has 0 spiro atoms. The number of aliphatic hydroxyl groups excluding tert-OH is 1. The lowest BCUT2D eigenvalue weighted by Crippen LogP contribution is -2.28. The minimum absolute atomic E-state index is 0.356. The number of aliphatic hydroxyl groups is 1. The van der Waals surface area contributed by atoms with Crippen LogP contribution in [-0.4, -0.2) is 27.7 Å². The van der Waals surface area contributed by atoms with Crippen LogP contribution in [0.15, 0.2) is 12.5 Å². The van der Waals surface area contributed by atoms with Crippen molar-refractivity contribution in [2.75, 3.05) is 13.1 Å². The first-order chi connectivity index (χ1) is 7.81. The van der Waals surface area contributed by atoms with Gasteiger partial charge < -0.3 is 15.0 Å². The van der Waals surface area contributed by atoms with Crippen molar-refractivity contribution in [3.63, 3.8) is 0 Å². The summed E-state index contributed by atoms with van der Waals surface area (Å²) in [7, 11) is 0. The number of nitrogens with zero attached hydrogens (tertiary/aromatic N) is 2. The average Bonchev–Trinajstić information content (AvgIpc) is 2.78. The van der Waals surface area contributed by atoms with Crippen LogP contribution in [0.2, 0.25) is 0 Å². The van der Waals surface area contributed by atoms with Crippen LogP contribution in [0.3, 0.4) is 0 Å². The van der Waals surface area contributed by atoms with Gasteiger partial charge in [0.2, 0.25) is 0 Å². The van der Waals surface area contributed by atoms with E-state index in [1.54, 1.807) is 12.5 Å². The smallest absolute Gasteiger partial charge is 0.0958 e. The maximum atomic E-state index is 10.2. The highest BCUT2D eigenvalue weighted by Crippen LogP contribution is 2.26. The van der Waals surface area contributed by atoms with Crippen molar-refractivity contribution < 1.29 is 5.11 Å². The molecule has 0 amide bonds. The van der Waals surface area contributed by atoms with Gasteiger partial charge in [-0.1, -0.05) is 0 Å². The number of rotatable bonds is 4. The van der Waals surface area contributed by atoms with Gasteiger partial charge in [-0.05, 0) is 45.2 Å². The monoisotopic (exact) mass is 223 g/mol. The first kappa shape index (κ1) is 11.6. The molecular weight excluding hydrogens is 202 g/mol. The van der Waals surface area contributed by atoms with Crippen LogP contribution in [0.5, 0.6) is 0 Å². The van der Waals surface area contributed by atoms with Gasteiger partial charge in [0.25, 0.3) is 0 Å². The summed E-state index contributed by atoms with van der Waals surface area (Å²) in [5, 5.41) is 13.5. The van der Waals surface area contributed by atoms with Gasteiger partial charge in [-0.2, -0.15) is 0 Å². The molecule has 90 valence electrons. The molecule has 2 N–H and O–H groups in total. The minimum Gasteiger partial charge on any atom is -0.387 e. The molecule has 2 heterocycles. The molecule has 1 aliphatic rings. The number of hydrogen-bond acceptors (Lipinski definition) is 3. The molecule has 4 heteroatoms. The van der Waals surface area contributed by atoms with Gasteiger partial charge >= 0.3 is 0 Å². The third kappa shape index (κ3) is 2.62. The Morgan fingerprint density at radius 3 is 3.00 bits per heavy atom. The Morgan fingerprint density at radius 2 is 2.31 bits per heavy atom. The summed E-state index contributed by atoms with van der Waals surface area (Å²) >= 11 is 0. The molecule has 0 saturated carbocycles. The molecule has 0 radical (unpaired) electrons. The Morgan fingerprint density at radius 1 is 1.56 bits per heavy atom. The van der Waals surface area contributed by atoms with E-state index in [4.69, 9.17) is 0 Å². The predicted molar refractivity (Wildman–Crippen MR) is 63.1 cm³/mol. The van der Waals surface area contributed by atoms with Gasteiger partial charge in [0.1, 0.15) is 0 Å². The molecule has 1 aliphatic heterocycles. The largest absolute Gasteiger partial charge is 0.387 e. The third-order valence-electron chi connectivity index (χ3n) is 3.44. The second-order valence-corrected chi connectivity index (χ2v) is 4.55. The minimum atomic E-state index is -0.356. The van der Waals surface area contributed by atoms with Crippen LogP contribution < -0.4 is 5.32 Å². The van der Waals surface area contributed by atoms with E-state index in [1.807, 2.05) is 4.57 Å². The lowest BCUT2D eigenvalue weighted by Gasteiger charge is -2.25. The lowest BCUT2D eigenvalue weighted by atomic mass is 9.91. The van der Waals surface area contributed by atoms with Crippen LogP contribution in [0, 0.1) is 5.92 Å². The molecule has 4 nitrogen and oxygen atoms in total. The lowest BCUT2D eigenvalue weighted by molar-refractivity contribution is 0.126. The molecule has 1 aromatic heterocycles. The van der Waals surface area contributed by atoms with E-state index in [0.29, 0.717) is 5.92 Å². The fraction of sp³-hybridized carbons (Fsp3) is 0.750. The highest BCUT2D eigenvalue weighted by atomic mass is 16.3. The highest BCUT2D eigenvalue weighted by Gasteiger charge is 2.20. The van der Waals surface area contributed by atoms with E-state index in [-0.39, 0.29) is 6.10 Å². The van der Waals surface area contributed by atoms with Crippen LogP contribution in [0.1, 0.15) is 38.0 Å². The summed E-state index contributed by atoms with van der Waals surface area (Å²) in [5.41, 5.74) is 0.959. The molecule has 16 heavy (non-hydrogen) atoms. The van der Waals surface area contributed by atoms with Gasteiger partial charge in [0, 0.05) is 6.54 Å². The van der Waals surface area contributed by atoms with Gasteiger partial charge in [-0.15, -0.1) is 0 Å². The number of hydrogen-bond donors (Lipinski definition) is 2. The molecule has 1 fully saturated rings. The van der Waals surface area contributed by atoms with E-state index in [0.717, 1.165) is 31.7 Å². The van der Waals surface area contributed by atoms with Crippen LogP contribution in [0.4, 0.5) is 0 Å². The standard InChI is InChI=1S/C12H21N3O/c1-2-15-9-14-8-11(15)12(16)7-10-3-5-13-6-4-10/h8-10,12-13,16H,2-7H2,1H3. The summed E-state index contributed by atoms with van der Waals surface area (Å²) < 4.78 is 2.02. The Labute approximate surface area is 96.7 Å². The van der Waals surface area contributed by atoms with E-state index in [1.165, 1.54) is 12.8 Å². The summed E-state index contributed by atoms with van der Waals surface area (Å²) in [6.07, 6.45) is 6.45. The van der Waals surface area contributed by atoms with Crippen molar-refractivity contribution in [2.45, 2.75) is 38.8 Å². The molecule has 1 atom stereocenters. The van der Waals surface area contributed by atoms with E-state index in [9.17, 15) is 5.11 Å². The van der Waals surface area contributed by atoms with Crippen LogP contribution in [-0.2, 0) is 6.54 Å². The quantitative estimate of drug-likeness (QED) is 0.809. The molecular formula is C12H21N3O. The number of aromatic nitrogens is 2. The Kier molecular flexibility index (Phi) is 3.96. The molecule has 0 aliphatic carbocycles. The van der Waals surface area contributed by atoms with Gasteiger partial charge in [-0.25, -0.2) is 4.98 Å². The summed E-state index contributed by atoms with van der Waals surface area (Å²) in [4.78, 5) is 4.10. The van der Waals surface area contributed by atoms with Crippen molar-refractivity contribution in [2.24, 2.45) is 5.92 Å². The van der Waals surface area contributed by atoms with Crippen molar-refractivity contribution >= 4 is 0 Å². The summed E-state index contributed by atoms with van der Waals surface area (Å²) in [6, 6.07) is 0. The molecule has 0 bridgehead atoms. The topological polar surface area (TPSA) is 50.1 Å². The summed E-state index contributed by atoms with van der Waals surface area (Å²) in [6.45, 7) is 5.12. The fourth-order valence-electron chi connectivity index (χ4n) is 2.43. The zero-order valence-corrected chi connectivity index (χ0v) is 9.89. The van der Waals surface area contributed by atoms with Gasteiger partial charge in [-0.3, -0.25) is 0 Å². The van der Waals surface area contributed by atoms with E-state index in [2.05, 4.69) is 17.2 Å². The number of nitrogens with one attached hydrogen (secondary N) is 1. The van der Waals surface area contributed by atoms with Crippen LogP contribution >= 0.6 is 0 Å². The fourth-order valence-corrected chi connectivity index (χ4v) is 2.43. The van der Waals surface area contributed by atoms with Gasteiger partial charge in [0.15, 0.2) is 0 Å². The Bertz CT molecular complexity index is 318. The predicted octanol–water partition coefficient (Wildman–Crippen LogP) is 1.33. The van der Waals surface area contributed by atoms with Crippen molar-refractivity contribution in [1.29, 1.82) is 0 Å². The second kappa shape index (κ2) is 5.46. The first-order valence-electron chi connectivity index (χ1n) is 6.20. The first-order valence-corrected chi connectivity index (χ1v) is 6.20. The SMILES string of the molecule is CCn1cncc1C(O)CC1CCNCC1. The Hall–Kier alpha value is -0.870.